The molecule has 1 aliphatic rings. The van der Waals surface area contributed by atoms with E-state index in [0.29, 0.717) is 24.2 Å². The van der Waals surface area contributed by atoms with Crippen LogP contribution in [-0.2, 0) is 16.2 Å². The average Bonchev–Trinajstić information content (AvgIpc) is 2.83. The Labute approximate surface area is 198 Å². The Kier molecular flexibility index (Phi) is 8.65. The first-order valence-electron chi connectivity index (χ1n) is 11.8. The van der Waals surface area contributed by atoms with E-state index < -0.39 is 0 Å². The van der Waals surface area contributed by atoms with Crippen molar-refractivity contribution < 1.29 is 14.4 Å². The molecule has 0 heterocycles. The number of hydrogen-bond donors (Lipinski definition) is 0. The molecule has 0 saturated carbocycles. The molecule has 33 heavy (non-hydrogen) atoms. The molecule has 4 nitrogen and oxygen atoms in total. The minimum Gasteiger partial charge on any atom is -0.485 e. The summed E-state index contributed by atoms with van der Waals surface area (Å²) in [6, 6.07) is 14.1. The number of rotatable bonds is 10. The van der Waals surface area contributed by atoms with E-state index in [1.807, 2.05) is 49.4 Å². The number of oxime groups is 1. The fraction of sp³-hybridized carbons (Fsp3) is 0.379. The van der Waals surface area contributed by atoms with Crippen LogP contribution in [0.2, 0.25) is 0 Å². The predicted octanol–water partition coefficient (Wildman–Crippen LogP) is 7.10. The Bertz CT molecular complexity index is 1020. The first kappa shape index (κ1) is 24.5. The molecule has 4 heteroatoms. The Morgan fingerprint density at radius 1 is 0.970 bits per heavy atom. The lowest BCUT2D eigenvalue weighted by Crippen LogP contribution is -2.13. The number of nitrogens with zero attached hydrogens (tertiary/aromatic N) is 1. The molecule has 2 aromatic carbocycles. The van der Waals surface area contributed by atoms with Gasteiger partial charge in [-0.15, -0.1) is 0 Å². The number of carbonyl (C=O) groups is 1. The van der Waals surface area contributed by atoms with Crippen LogP contribution < -0.4 is 4.74 Å². The van der Waals surface area contributed by atoms with Gasteiger partial charge in [0.05, 0.1) is 5.71 Å². The Balaban J connectivity index is 1.60. The maximum absolute atomic E-state index is 12.2. The zero-order chi connectivity index (χ0) is 23.8. The van der Waals surface area contributed by atoms with Gasteiger partial charge in [0.25, 0.3) is 0 Å². The summed E-state index contributed by atoms with van der Waals surface area (Å²) in [5, 5.41) is 4.36. The summed E-state index contributed by atoms with van der Waals surface area (Å²) in [5.74, 6) is 1.52. The van der Waals surface area contributed by atoms with Crippen LogP contribution in [0, 0.1) is 0 Å². The molecule has 0 aliphatic heterocycles. The van der Waals surface area contributed by atoms with Crippen LogP contribution in [0.15, 0.2) is 71.4 Å². The van der Waals surface area contributed by atoms with Gasteiger partial charge in [0.1, 0.15) is 12.4 Å². The summed E-state index contributed by atoms with van der Waals surface area (Å²) < 4.78 is 5.67. The highest BCUT2D eigenvalue weighted by Crippen LogP contribution is 2.28. The molecule has 0 radical (unpaired) electrons. The van der Waals surface area contributed by atoms with Crippen molar-refractivity contribution in [1.82, 2.24) is 0 Å². The summed E-state index contributed by atoms with van der Waals surface area (Å²) in [5.41, 5.74) is 6.33. The Hall–Kier alpha value is -3.14. The second-order valence-corrected chi connectivity index (χ2v) is 9.05. The van der Waals surface area contributed by atoms with Gasteiger partial charge in [-0.3, -0.25) is 4.79 Å². The smallest absolute Gasteiger partial charge is 0.199 e. The predicted molar refractivity (Wildman–Crippen MR) is 135 cm³/mol. The quantitative estimate of drug-likeness (QED) is 0.289. The maximum atomic E-state index is 12.2. The number of allylic oxidation sites excluding steroid dienone is 3. The van der Waals surface area contributed by atoms with Crippen molar-refractivity contribution >= 4 is 11.5 Å². The zero-order valence-electron chi connectivity index (χ0n) is 20.4. The van der Waals surface area contributed by atoms with Crippen LogP contribution in [0.5, 0.6) is 5.75 Å². The molecule has 0 N–H and O–H groups in total. The lowest BCUT2D eigenvalue weighted by atomic mass is 9.89. The van der Waals surface area contributed by atoms with Gasteiger partial charge in [0.2, 0.25) is 0 Å². The van der Waals surface area contributed by atoms with Crippen molar-refractivity contribution in [3.05, 3.63) is 88.5 Å². The van der Waals surface area contributed by atoms with Gasteiger partial charge in [-0.2, -0.15) is 0 Å². The molecule has 0 bridgehead atoms. The van der Waals surface area contributed by atoms with Gasteiger partial charge >= 0.3 is 0 Å². The van der Waals surface area contributed by atoms with Gasteiger partial charge < -0.3 is 9.57 Å². The number of ketones is 1. The highest BCUT2D eigenvalue weighted by molar-refractivity contribution is 5.99. The Morgan fingerprint density at radius 3 is 2.21 bits per heavy atom. The number of Topliss-reactive ketones (excluding diaryl/α,β-unsaturated/α-hetero) is 1. The molecule has 174 valence electrons. The lowest BCUT2D eigenvalue weighted by molar-refractivity contribution is -0.117. The normalized spacial score (nSPS) is 13.9. The second kappa shape index (κ2) is 11.6. The molecule has 0 aromatic heterocycles. The fourth-order valence-electron chi connectivity index (χ4n) is 3.96. The molecule has 0 amide bonds. The molecule has 0 unspecified atom stereocenters. The number of benzene rings is 2. The van der Waals surface area contributed by atoms with E-state index >= 15 is 0 Å². The summed E-state index contributed by atoms with van der Waals surface area (Å²) >= 11 is 0. The standard InChI is InChI=1S/C29H35NO3/c1-20(2)26-12-9-13-27(21(3)4)28(26)18-33-30-22(5)23-14-16-25(17-15-23)32-19-29(31)24-10-7-6-8-11-24/h7,9-17,20-21H,6,8,18-19H2,1-5H3/b30-22+. The third kappa shape index (κ3) is 6.67. The van der Waals surface area contributed by atoms with Crippen LogP contribution >= 0.6 is 0 Å². The molecule has 0 fully saturated rings. The van der Waals surface area contributed by atoms with Crippen LogP contribution in [0.25, 0.3) is 0 Å². The first-order chi connectivity index (χ1) is 15.9. The monoisotopic (exact) mass is 445 g/mol. The van der Waals surface area contributed by atoms with E-state index in [9.17, 15) is 4.79 Å². The van der Waals surface area contributed by atoms with Crippen molar-refractivity contribution in [2.45, 2.75) is 65.9 Å². The van der Waals surface area contributed by atoms with Gasteiger partial charge in [-0.05, 0) is 78.1 Å². The van der Waals surface area contributed by atoms with Crippen LogP contribution in [0.4, 0.5) is 0 Å². The maximum Gasteiger partial charge on any atom is 0.199 e. The van der Waals surface area contributed by atoms with Crippen molar-refractivity contribution in [3.63, 3.8) is 0 Å². The summed E-state index contributed by atoms with van der Waals surface area (Å²) in [6.45, 7) is 11.2. The van der Waals surface area contributed by atoms with Crippen LogP contribution in [-0.4, -0.2) is 18.1 Å². The topological polar surface area (TPSA) is 47.9 Å². The zero-order valence-corrected chi connectivity index (χ0v) is 20.4. The molecule has 1 aliphatic carbocycles. The highest BCUT2D eigenvalue weighted by atomic mass is 16.6. The highest BCUT2D eigenvalue weighted by Gasteiger charge is 2.14. The minimum atomic E-state index is 0.00335. The van der Waals surface area contributed by atoms with Gasteiger partial charge in [-0.1, -0.05) is 69.3 Å². The molecular formula is C29H35NO3. The van der Waals surface area contributed by atoms with Crippen molar-refractivity contribution in [2.75, 3.05) is 6.61 Å². The van der Waals surface area contributed by atoms with Gasteiger partial charge in [0.15, 0.2) is 12.4 Å². The summed E-state index contributed by atoms with van der Waals surface area (Å²) in [7, 11) is 0. The SMILES string of the molecule is C/C(=N\OCc1c(C(C)C)cccc1C(C)C)c1ccc(OCC(=O)C2=CCCC=C2)cc1. The molecule has 3 rings (SSSR count). The second-order valence-electron chi connectivity index (χ2n) is 9.05. The summed E-state index contributed by atoms with van der Waals surface area (Å²) in [6.07, 6.45) is 7.78. The Morgan fingerprint density at radius 2 is 1.64 bits per heavy atom. The van der Waals surface area contributed by atoms with Crippen molar-refractivity contribution in [1.29, 1.82) is 0 Å². The van der Waals surface area contributed by atoms with Crippen molar-refractivity contribution in [3.8, 4) is 5.75 Å². The average molecular weight is 446 g/mol. The molecule has 0 saturated heterocycles. The van der Waals surface area contributed by atoms with E-state index in [1.165, 1.54) is 16.7 Å². The van der Waals surface area contributed by atoms with Crippen LogP contribution in [0.3, 0.4) is 0 Å². The molecule has 0 atom stereocenters. The lowest BCUT2D eigenvalue weighted by Gasteiger charge is -2.18. The van der Waals surface area contributed by atoms with Crippen molar-refractivity contribution in [2.24, 2.45) is 5.16 Å². The first-order valence-corrected chi connectivity index (χ1v) is 11.8. The molecule has 0 spiro atoms. The van der Waals surface area contributed by atoms with E-state index in [1.54, 1.807) is 0 Å². The van der Waals surface area contributed by atoms with E-state index in [-0.39, 0.29) is 12.4 Å². The number of ether oxygens (including phenoxy) is 1. The third-order valence-corrected chi connectivity index (χ3v) is 5.86. The minimum absolute atomic E-state index is 0.00335. The van der Waals surface area contributed by atoms with Crippen LogP contribution in [0.1, 0.15) is 81.5 Å². The third-order valence-electron chi connectivity index (χ3n) is 5.86. The van der Waals surface area contributed by atoms with Gasteiger partial charge in [0, 0.05) is 5.57 Å². The number of carbonyl (C=O) groups excluding carboxylic acids is 1. The number of hydrogen-bond acceptors (Lipinski definition) is 4. The molecule has 2 aromatic rings. The largest absolute Gasteiger partial charge is 0.485 e. The van der Waals surface area contributed by atoms with E-state index in [2.05, 4.69) is 51.0 Å². The van der Waals surface area contributed by atoms with E-state index in [4.69, 9.17) is 9.57 Å². The van der Waals surface area contributed by atoms with Gasteiger partial charge in [-0.25, -0.2) is 0 Å². The molecular weight excluding hydrogens is 410 g/mol. The summed E-state index contributed by atoms with van der Waals surface area (Å²) in [4.78, 5) is 18.0. The van der Waals surface area contributed by atoms with E-state index in [0.717, 1.165) is 29.7 Å². The fourth-order valence-corrected chi connectivity index (χ4v) is 3.96.